The van der Waals surface area contributed by atoms with Crippen LogP contribution in [0.3, 0.4) is 0 Å². The third-order valence-electron chi connectivity index (χ3n) is 9.63. The first-order valence-corrected chi connectivity index (χ1v) is 17.1. The molecule has 0 saturated carbocycles. The molecule has 3 saturated heterocycles. The van der Waals surface area contributed by atoms with E-state index in [1.54, 1.807) is 14.2 Å². The van der Waals surface area contributed by atoms with E-state index < -0.39 is 11.5 Å². The van der Waals surface area contributed by atoms with Crippen LogP contribution in [-0.2, 0) is 9.63 Å². The number of methoxy groups -OCH3 is 2. The number of hydrogen-bond acceptors (Lipinski definition) is 7. The molecule has 45 heavy (non-hydrogen) atoms. The number of rotatable bonds is 7. The van der Waals surface area contributed by atoms with Gasteiger partial charge in [0.1, 0.15) is 0 Å². The van der Waals surface area contributed by atoms with E-state index in [0.29, 0.717) is 11.3 Å². The number of anilines is 1. The standard InChI is InChI=1S/C36H32N2O6Se/c1-41-24-16-12-22(13-17-24)31-33-32-30(35(40)37(32)23-14-18-25(42-2)19-15-23)28(20-45-26-8-4-3-5-9-26)38(33)44-36(31)21-43-29-11-7-6-10-27(29)34(36)39/h3-19,28,30-33H,20-21H2,1-2H3/t28-,30-,31+,32-,33-,36+/m1/s1. The maximum absolute atomic E-state index is 14.6. The van der Waals surface area contributed by atoms with Gasteiger partial charge < -0.3 is 0 Å². The second-order valence-corrected chi connectivity index (χ2v) is 14.1. The molecule has 1 amide bonds. The predicted molar refractivity (Wildman–Crippen MR) is 170 cm³/mol. The number of fused-ring (bicyclic) bond motifs is 4. The zero-order valence-electron chi connectivity index (χ0n) is 24.9. The molecule has 0 aliphatic carbocycles. The number of ether oxygens (including phenoxy) is 3. The Morgan fingerprint density at radius 3 is 2.20 bits per heavy atom. The molecule has 1 spiro atoms. The summed E-state index contributed by atoms with van der Waals surface area (Å²) in [5, 5.41) is 2.79. The van der Waals surface area contributed by atoms with Gasteiger partial charge in [-0.25, -0.2) is 0 Å². The summed E-state index contributed by atoms with van der Waals surface area (Å²) in [7, 11) is 3.27. The van der Waals surface area contributed by atoms with Crippen LogP contribution in [0.25, 0.3) is 0 Å². The molecule has 4 aliphatic rings. The van der Waals surface area contributed by atoms with Crippen molar-refractivity contribution < 1.29 is 28.6 Å². The van der Waals surface area contributed by atoms with E-state index in [2.05, 4.69) is 12.1 Å². The predicted octanol–water partition coefficient (Wildman–Crippen LogP) is 4.28. The van der Waals surface area contributed by atoms with Gasteiger partial charge in [0.15, 0.2) is 0 Å². The molecule has 6 atom stereocenters. The van der Waals surface area contributed by atoms with Gasteiger partial charge in [0.05, 0.1) is 0 Å². The molecule has 4 aromatic carbocycles. The van der Waals surface area contributed by atoms with Crippen LogP contribution >= 0.6 is 0 Å². The first kappa shape index (κ1) is 28.3. The first-order chi connectivity index (χ1) is 22.0. The molecule has 0 radical (unpaired) electrons. The average molecular weight is 668 g/mol. The molecule has 0 N–H and O–H groups in total. The molecule has 3 fully saturated rings. The van der Waals surface area contributed by atoms with Crippen LogP contribution in [0.1, 0.15) is 21.8 Å². The molecule has 8 nitrogen and oxygen atoms in total. The topological polar surface area (TPSA) is 77.5 Å². The van der Waals surface area contributed by atoms with Gasteiger partial charge in [-0.1, -0.05) is 0 Å². The fourth-order valence-electron chi connectivity index (χ4n) is 7.57. The minimum absolute atomic E-state index is 0.0797. The van der Waals surface area contributed by atoms with Crippen LogP contribution in [0.2, 0.25) is 5.32 Å². The van der Waals surface area contributed by atoms with E-state index in [-0.39, 0.29) is 57.3 Å². The zero-order chi connectivity index (χ0) is 30.7. The van der Waals surface area contributed by atoms with Crippen LogP contribution < -0.4 is 23.6 Å². The number of ketones is 1. The van der Waals surface area contributed by atoms with E-state index in [1.165, 1.54) is 4.46 Å². The van der Waals surface area contributed by atoms with Crippen LogP contribution in [0.4, 0.5) is 5.69 Å². The molecule has 4 aromatic rings. The van der Waals surface area contributed by atoms with Crippen molar-refractivity contribution in [2.45, 2.75) is 35.0 Å². The zero-order valence-corrected chi connectivity index (χ0v) is 26.6. The van der Waals surface area contributed by atoms with Crippen molar-refractivity contribution in [1.82, 2.24) is 5.06 Å². The number of benzene rings is 4. The van der Waals surface area contributed by atoms with E-state index in [9.17, 15) is 9.59 Å². The summed E-state index contributed by atoms with van der Waals surface area (Å²) in [6.07, 6.45) is 0. The number of amides is 1. The van der Waals surface area contributed by atoms with Gasteiger partial charge in [-0.2, -0.15) is 0 Å². The van der Waals surface area contributed by atoms with E-state index >= 15 is 0 Å². The van der Waals surface area contributed by atoms with Crippen molar-refractivity contribution in [3.05, 3.63) is 114 Å². The molecule has 9 heteroatoms. The number of nitrogens with zero attached hydrogens (tertiary/aromatic N) is 2. The molecule has 4 heterocycles. The summed E-state index contributed by atoms with van der Waals surface area (Å²) in [6, 6.07) is 32.6. The number of Topliss-reactive ketones (excluding diaryl/α,β-unsaturated/α-hetero) is 1. The van der Waals surface area contributed by atoms with Crippen LogP contribution in [-0.4, -0.2) is 76.3 Å². The third kappa shape index (κ3) is 4.33. The summed E-state index contributed by atoms with van der Waals surface area (Å²) in [6.45, 7) is 0.0803. The number of para-hydroxylation sites is 1. The van der Waals surface area contributed by atoms with Gasteiger partial charge in [-0.05, 0) is 0 Å². The monoisotopic (exact) mass is 668 g/mol. The van der Waals surface area contributed by atoms with Gasteiger partial charge in [0, 0.05) is 0 Å². The number of hydroxylamine groups is 2. The Hall–Kier alpha value is -4.14. The molecule has 0 bridgehead atoms. The number of β-lactam (4-membered cyclic amide) rings is 1. The van der Waals surface area contributed by atoms with Crippen molar-refractivity contribution >= 4 is 36.8 Å². The first-order valence-electron chi connectivity index (χ1n) is 15.1. The fourth-order valence-corrected chi connectivity index (χ4v) is 9.80. The second-order valence-electron chi connectivity index (χ2n) is 11.8. The average Bonchev–Trinajstić information content (AvgIpc) is 3.55. The Kier molecular flexibility index (Phi) is 6.95. The van der Waals surface area contributed by atoms with Gasteiger partial charge in [-0.3, -0.25) is 0 Å². The number of carbonyl (C=O) groups is 2. The number of carbonyl (C=O) groups excluding carboxylic acids is 2. The van der Waals surface area contributed by atoms with Crippen molar-refractivity contribution in [2.24, 2.45) is 5.92 Å². The second kappa shape index (κ2) is 11.0. The Bertz CT molecular complexity index is 1750. The number of hydrogen-bond donors (Lipinski definition) is 0. The van der Waals surface area contributed by atoms with Crippen molar-refractivity contribution in [3.63, 3.8) is 0 Å². The summed E-state index contributed by atoms with van der Waals surface area (Å²) >= 11 is 0.0978. The fraction of sp³-hybridized carbons (Fsp3) is 0.278. The minimum atomic E-state index is -1.29. The Morgan fingerprint density at radius 2 is 1.49 bits per heavy atom. The summed E-state index contributed by atoms with van der Waals surface area (Å²) in [4.78, 5) is 37.6. The van der Waals surface area contributed by atoms with Crippen LogP contribution in [0, 0.1) is 5.92 Å². The van der Waals surface area contributed by atoms with Gasteiger partial charge in [0.25, 0.3) is 0 Å². The summed E-state index contributed by atoms with van der Waals surface area (Å²) < 4.78 is 18.4. The van der Waals surface area contributed by atoms with E-state index in [0.717, 1.165) is 28.1 Å². The van der Waals surface area contributed by atoms with Gasteiger partial charge in [0.2, 0.25) is 0 Å². The summed E-state index contributed by atoms with van der Waals surface area (Å²) in [5.74, 6) is 1.35. The van der Waals surface area contributed by atoms with E-state index in [1.807, 2.05) is 101 Å². The SMILES string of the molecule is COc1ccc([C@H]2[C@@H]3[C@H]4[C@H](C(=O)N4c4ccc(OC)cc4)[C@@H](C[Se]c4ccccc4)N3O[C@@]23COc2ccccc2C3=O)cc1. The van der Waals surface area contributed by atoms with Crippen molar-refractivity contribution in [1.29, 1.82) is 0 Å². The molecular formula is C36H32N2O6Se. The van der Waals surface area contributed by atoms with E-state index in [4.69, 9.17) is 19.0 Å². The molecule has 0 unspecified atom stereocenters. The molecule has 0 aromatic heterocycles. The van der Waals surface area contributed by atoms with Crippen LogP contribution in [0.5, 0.6) is 17.2 Å². The van der Waals surface area contributed by atoms with Crippen LogP contribution in [0.15, 0.2) is 103 Å². The molecule has 228 valence electrons. The molecule has 8 rings (SSSR count). The molecule has 4 aliphatic heterocycles. The Morgan fingerprint density at radius 1 is 0.822 bits per heavy atom. The quantitative estimate of drug-likeness (QED) is 0.215. The maximum atomic E-state index is 14.6. The van der Waals surface area contributed by atoms with Gasteiger partial charge in [-0.15, -0.1) is 0 Å². The Balaban J connectivity index is 1.25. The summed E-state index contributed by atoms with van der Waals surface area (Å²) in [5.41, 5.74) is 0.978. The van der Waals surface area contributed by atoms with Crippen molar-refractivity contribution in [3.8, 4) is 17.2 Å². The molecular weight excluding hydrogens is 635 g/mol. The van der Waals surface area contributed by atoms with Gasteiger partial charge >= 0.3 is 269 Å². The van der Waals surface area contributed by atoms with Crippen molar-refractivity contribution in [2.75, 3.05) is 25.7 Å². The normalized spacial score (nSPS) is 28.2. The Labute approximate surface area is 267 Å². The third-order valence-corrected chi connectivity index (χ3v) is 12.0.